The lowest BCUT2D eigenvalue weighted by Crippen LogP contribution is -2.18. The fourth-order valence-electron chi connectivity index (χ4n) is 3.50. The van der Waals surface area contributed by atoms with Crippen molar-refractivity contribution in [1.29, 1.82) is 0 Å². The van der Waals surface area contributed by atoms with Crippen molar-refractivity contribution in [2.45, 2.75) is 0 Å². The van der Waals surface area contributed by atoms with Crippen molar-refractivity contribution in [3.8, 4) is 22.8 Å². The normalized spacial score (nSPS) is 11.3. The van der Waals surface area contributed by atoms with E-state index < -0.39 is 0 Å². The molecule has 3 N–H and O–H groups in total. The zero-order chi connectivity index (χ0) is 24.6. The molecule has 1 amide bonds. The molecule has 0 fully saturated rings. The summed E-state index contributed by atoms with van der Waals surface area (Å²) in [6, 6.07) is 28.3. The van der Waals surface area contributed by atoms with Gasteiger partial charge in [0.1, 0.15) is 11.5 Å². The zero-order valence-electron chi connectivity index (χ0n) is 19.7. The van der Waals surface area contributed by atoms with E-state index in [1.54, 1.807) is 6.08 Å². The highest BCUT2D eigenvalue weighted by molar-refractivity contribution is 6.04. The Bertz CT molecular complexity index is 1300. The summed E-state index contributed by atoms with van der Waals surface area (Å²) < 4.78 is 5.87. The predicted octanol–water partition coefficient (Wildman–Crippen LogP) is 5.10. The minimum atomic E-state index is -0.241. The van der Waals surface area contributed by atoms with Crippen LogP contribution in [0.25, 0.3) is 16.8 Å². The summed E-state index contributed by atoms with van der Waals surface area (Å²) >= 11 is 0. The van der Waals surface area contributed by atoms with Gasteiger partial charge in [-0.1, -0.05) is 36.4 Å². The van der Waals surface area contributed by atoms with Crippen molar-refractivity contribution in [2.75, 3.05) is 31.7 Å². The van der Waals surface area contributed by atoms with E-state index in [1.807, 2.05) is 110 Å². The van der Waals surface area contributed by atoms with Crippen LogP contribution in [0.1, 0.15) is 5.69 Å². The number of nitrogens with zero attached hydrogens (tertiary/aromatic N) is 3. The van der Waals surface area contributed by atoms with Crippen LogP contribution in [0.2, 0.25) is 0 Å². The number of aromatic nitrogens is 2. The standard InChI is InChI=1S/C28H27N5O2/c1-33(2)19-21(17-27(34)30-22-9-5-3-6-10-22)26-18-25(31-28(29)32-26)20-13-15-24(16-14-20)35-23-11-7-4-8-12-23/h3-18H,19H2,1-2H3,(H,30,34)(H2,29,31,32)/b21-17+. The Hall–Kier alpha value is -4.49. The van der Waals surface area contributed by atoms with E-state index >= 15 is 0 Å². The van der Waals surface area contributed by atoms with Gasteiger partial charge < -0.3 is 20.7 Å². The number of benzene rings is 3. The van der Waals surface area contributed by atoms with Crippen LogP contribution < -0.4 is 15.8 Å². The third kappa shape index (κ3) is 6.75. The first-order chi connectivity index (χ1) is 17.0. The fraction of sp³-hybridized carbons (Fsp3) is 0.107. The maximum atomic E-state index is 12.7. The summed E-state index contributed by atoms with van der Waals surface area (Å²) in [4.78, 5) is 23.5. The second-order valence-electron chi connectivity index (χ2n) is 8.20. The highest BCUT2D eigenvalue weighted by atomic mass is 16.5. The molecule has 0 unspecified atom stereocenters. The second-order valence-corrected chi connectivity index (χ2v) is 8.20. The van der Waals surface area contributed by atoms with Gasteiger partial charge >= 0.3 is 0 Å². The highest BCUT2D eigenvalue weighted by Crippen LogP contribution is 2.27. The van der Waals surface area contributed by atoms with Gasteiger partial charge in [0.05, 0.1) is 11.4 Å². The molecule has 1 heterocycles. The number of para-hydroxylation sites is 2. The molecular weight excluding hydrogens is 438 g/mol. The number of hydrogen-bond donors (Lipinski definition) is 2. The molecule has 0 aliphatic heterocycles. The molecule has 0 saturated carbocycles. The first-order valence-corrected chi connectivity index (χ1v) is 11.2. The summed E-state index contributed by atoms with van der Waals surface area (Å²) in [7, 11) is 3.86. The first kappa shape index (κ1) is 23.7. The number of nitrogens with one attached hydrogen (secondary N) is 1. The molecule has 0 bridgehead atoms. The number of nitrogen functional groups attached to an aromatic ring is 1. The number of nitrogens with two attached hydrogens (primary N) is 1. The summed E-state index contributed by atoms with van der Waals surface area (Å²) in [5, 5.41) is 2.88. The van der Waals surface area contributed by atoms with Crippen molar-refractivity contribution in [3.63, 3.8) is 0 Å². The van der Waals surface area contributed by atoms with Gasteiger partial charge in [-0.15, -0.1) is 0 Å². The van der Waals surface area contributed by atoms with Gasteiger partial charge in [-0.05, 0) is 74.3 Å². The Kier molecular flexibility index (Phi) is 7.50. The van der Waals surface area contributed by atoms with E-state index in [-0.39, 0.29) is 11.9 Å². The Morgan fingerprint density at radius 1 is 0.914 bits per heavy atom. The minimum absolute atomic E-state index is 0.134. The molecule has 7 heteroatoms. The maximum absolute atomic E-state index is 12.7. The van der Waals surface area contributed by atoms with Gasteiger partial charge in [0, 0.05) is 23.9 Å². The monoisotopic (exact) mass is 465 g/mol. The number of carbonyl (C=O) groups is 1. The van der Waals surface area contributed by atoms with Gasteiger partial charge in [0.15, 0.2) is 0 Å². The third-order valence-electron chi connectivity index (χ3n) is 5.03. The van der Waals surface area contributed by atoms with Gasteiger partial charge in [-0.25, -0.2) is 9.97 Å². The quantitative estimate of drug-likeness (QED) is 0.352. The number of hydrogen-bond acceptors (Lipinski definition) is 6. The number of carbonyl (C=O) groups excluding carboxylic acids is 1. The van der Waals surface area contributed by atoms with Crippen molar-refractivity contribution >= 4 is 23.1 Å². The van der Waals surface area contributed by atoms with Gasteiger partial charge in [-0.2, -0.15) is 0 Å². The summed E-state index contributed by atoms with van der Waals surface area (Å²) in [6.45, 7) is 0.502. The SMILES string of the molecule is CN(C)C/C(=C\C(=O)Nc1ccccc1)c1cc(-c2ccc(Oc3ccccc3)cc2)nc(N)n1. The van der Waals surface area contributed by atoms with Crippen LogP contribution in [0.15, 0.2) is 97.1 Å². The van der Waals surface area contributed by atoms with E-state index in [2.05, 4.69) is 15.3 Å². The Balaban J connectivity index is 1.59. The van der Waals surface area contributed by atoms with Gasteiger partial charge in [0.2, 0.25) is 11.9 Å². The lowest BCUT2D eigenvalue weighted by atomic mass is 10.1. The summed E-state index contributed by atoms with van der Waals surface area (Å²) in [5.41, 5.74) is 9.62. The number of likely N-dealkylation sites (N-methyl/N-ethyl adjacent to an activating group) is 1. The lowest BCUT2D eigenvalue weighted by molar-refractivity contribution is -0.111. The van der Waals surface area contributed by atoms with E-state index in [1.165, 1.54) is 0 Å². The molecule has 0 spiro atoms. The van der Waals surface area contributed by atoms with Crippen LogP contribution in [-0.4, -0.2) is 41.4 Å². The lowest BCUT2D eigenvalue weighted by Gasteiger charge is -2.15. The average Bonchev–Trinajstić information content (AvgIpc) is 2.85. The van der Waals surface area contributed by atoms with E-state index in [4.69, 9.17) is 10.5 Å². The van der Waals surface area contributed by atoms with Gasteiger partial charge in [-0.3, -0.25) is 4.79 Å². The number of anilines is 2. The Morgan fingerprint density at radius 2 is 1.54 bits per heavy atom. The summed E-state index contributed by atoms with van der Waals surface area (Å²) in [6.07, 6.45) is 1.55. The maximum Gasteiger partial charge on any atom is 0.248 e. The molecule has 4 aromatic rings. The number of ether oxygens (including phenoxy) is 1. The zero-order valence-corrected chi connectivity index (χ0v) is 19.7. The van der Waals surface area contributed by atoms with Gasteiger partial charge in [0.25, 0.3) is 0 Å². The van der Waals surface area contributed by atoms with Crippen LogP contribution >= 0.6 is 0 Å². The van der Waals surface area contributed by atoms with E-state index in [0.29, 0.717) is 23.7 Å². The molecule has 1 aromatic heterocycles. The molecular formula is C28H27N5O2. The molecule has 0 radical (unpaired) electrons. The van der Waals surface area contributed by atoms with Crippen molar-refractivity contribution in [2.24, 2.45) is 0 Å². The second kappa shape index (κ2) is 11.1. The molecule has 0 aliphatic rings. The fourth-order valence-corrected chi connectivity index (χ4v) is 3.50. The summed E-state index contributed by atoms with van der Waals surface area (Å²) in [5.74, 6) is 1.37. The minimum Gasteiger partial charge on any atom is -0.457 e. The molecule has 0 atom stereocenters. The Morgan fingerprint density at radius 3 is 2.20 bits per heavy atom. The molecule has 3 aromatic carbocycles. The Labute approximate surface area is 204 Å². The van der Waals surface area contributed by atoms with Crippen LogP contribution in [0.5, 0.6) is 11.5 Å². The largest absolute Gasteiger partial charge is 0.457 e. The molecule has 7 nitrogen and oxygen atoms in total. The first-order valence-electron chi connectivity index (χ1n) is 11.2. The number of rotatable bonds is 8. The third-order valence-corrected chi connectivity index (χ3v) is 5.03. The molecule has 0 aliphatic carbocycles. The van der Waals surface area contributed by atoms with Crippen molar-refractivity contribution in [3.05, 3.63) is 103 Å². The highest BCUT2D eigenvalue weighted by Gasteiger charge is 2.13. The average molecular weight is 466 g/mol. The van der Waals surface area contributed by atoms with E-state index in [0.717, 1.165) is 22.6 Å². The topological polar surface area (TPSA) is 93.4 Å². The number of amides is 1. The van der Waals surface area contributed by atoms with Crippen LogP contribution in [0, 0.1) is 0 Å². The van der Waals surface area contributed by atoms with E-state index in [9.17, 15) is 4.79 Å². The molecule has 176 valence electrons. The van der Waals surface area contributed by atoms with Crippen molar-refractivity contribution < 1.29 is 9.53 Å². The molecule has 0 saturated heterocycles. The van der Waals surface area contributed by atoms with Crippen molar-refractivity contribution in [1.82, 2.24) is 14.9 Å². The van der Waals surface area contributed by atoms with Crippen LogP contribution in [0.4, 0.5) is 11.6 Å². The molecule has 4 rings (SSSR count). The predicted molar refractivity (Wildman–Crippen MR) is 140 cm³/mol. The van der Waals surface area contributed by atoms with Crippen LogP contribution in [0.3, 0.4) is 0 Å². The van der Waals surface area contributed by atoms with Crippen LogP contribution in [-0.2, 0) is 4.79 Å². The smallest absolute Gasteiger partial charge is 0.248 e. The molecule has 35 heavy (non-hydrogen) atoms.